The van der Waals surface area contributed by atoms with Crippen molar-refractivity contribution in [2.45, 2.75) is 32.6 Å². The van der Waals surface area contributed by atoms with Crippen molar-refractivity contribution in [1.82, 2.24) is 19.2 Å². The molecule has 152 valence electrons. The van der Waals surface area contributed by atoms with Gasteiger partial charge in [-0.2, -0.15) is 5.10 Å². The summed E-state index contributed by atoms with van der Waals surface area (Å²) >= 11 is 5.69. The molecule has 0 spiro atoms. The van der Waals surface area contributed by atoms with E-state index in [4.69, 9.17) is 12.2 Å². The van der Waals surface area contributed by atoms with Gasteiger partial charge in [-0.1, -0.05) is 48.5 Å². The van der Waals surface area contributed by atoms with Crippen LogP contribution in [0.15, 0.2) is 60.9 Å². The van der Waals surface area contributed by atoms with Crippen LogP contribution in [-0.4, -0.2) is 45.2 Å². The highest BCUT2D eigenvalue weighted by molar-refractivity contribution is 7.91. The van der Waals surface area contributed by atoms with Crippen LogP contribution in [0, 0.1) is 11.7 Å². The largest absolute Gasteiger partial charge is 0.276 e. The van der Waals surface area contributed by atoms with E-state index in [1.807, 2.05) is 54.0 Å². The van der Waals surface area contributed by atoms with E-state index in [0.29, 0.717) is 24.4 Å². The zero-order chi connectivity index (χ0) is 20.4. The molecule has 6 nitrogen and oxygen atoms in total. The van der Waals surface area contributed by atoms with E-state index < -0.39 is 9.84 Å². The second kappa shape index (κ2) is 8.22. The number of sulfone groups is 1. The second-order valence-corrected chi connectivity index (χ2v) is 10.1. The Bertz CT molecular complexity index is 1150. The third kappa shape index (κ3) is 4.49. The van der Waals surface area contributed by atoms with Gasteiger partial charge in [-0.3, -0.25) is 9.47 Å². The number of benzene rings is 2. The summed E-state index contributed by atoms with van der Waals surface area (Å²) in [5.41, 5.74) is 3.26. The van der Waals surface area contributed by atoms with E-state index >= 15 is 0 Å². The Morgan fingerprint density at radius 2 is 1.86 bits per heavy atom. The predicted octanol–water partition coefficient (Wildman–Crippen LogP) is 3.36. The van der Waals surface area contributed by atoms with Crippen LogP contribution < -0.4 is 0 Å². The highest BCUT2D eigenvalue weighted by atomic mass is 32.2. The molecule has 2 aromatic carbocycles. The van der Waals surface area contributed by atoms with Crippen LogP contribution in [0.2, 0.25) is 0 Å². The molecule has 1 aliphatic heterocycles. The van der Waals surface area contributed by atoms with Crippen molar-refractivity contribution in [2.24, 2.45) is 0 Å². The van der Waals surface area contributed by atoms with Gasteiger partial charge in [0.25, 0.3) is 0 Å². The molecule has 0 N–H and O–H groups in total. The molecule has 2 heterocycles. The topological polar surface area (TPSA) is 60.1 Å². The zero-order valence-electron chi connectivity index (χ0n) is 16.3. The number of para-hydroxylation sites is 1. The first kappa shape index (κ1) is 20.0. The maximum absolute atomic E-state index is 12.1. The van der Waals surface area contributed by atoms with Gasteiger partial charge in [0.1, 0.15) is 6.33 Å². The minimum atomic E-state index is -2.98. The SMILES string of the molecule is Cc1ccccc1-n1cnn(CN(Cc2ccccc2)C2CCS(=O)(=O)C2)c1=S. The van der Waals surface area contributed by atoms with Crippen molar-refractivity contribution < 1.29 is 8.42 Å². The molecule has 1 fully saturated rings. The Kier molecular flexibility index (Phi) is 5.67. The molecule has 0 amide bonds. The van der Waals surface area contributed by atoms with E-state index in [2.05, 4.69) is 22.1 Å². The van der Waals surface area contributed by atoms with Crippen LogP contribution in [0.25, 0.3) is 5.69 Å². The van der Waals surface area contributed by atoms with Crippen LogP contribution in [0.3, 0.4) is 0 Å². The maximum atomic E-state index is 12.1. The lowest BCUT2D eigenvalue weighted by Crippen LogP contribution is -2.37. The summed E-state index contributed by atoms with van der Waals surface area (Å²) in [6, 6.07) is 18.1. The second-order valence-electron chi connectivity index (χ2n) is 7.50. The molecular weight excluding hydrogens is 404 g/mol. The first-order valence-corrected chi connectivity index (χ1v) is 11.8. The normalized spacial score (nSPS) is 18.3. The minimum absolute atomic E-state index is 0.0364. The van der Waals surface area contributed by atoms with Crippen LogP contribution in [0.4, 0.5) is 0 Å². The summed E-state index contributed by atoms with van der Waals surface area (Å²) in [5.74, 6) is 0.428. The summed E-state index contributed by atoms with van der Waals surface area (Å²) in [6.07, 6.45) is 2.37. The summed E-state index contributed by atoms with van der Waals surface area (Å²) in [4.78, 5) is 2.17. The van der Waals surface area contributed by atoms with Crippen molar-refractivity contribution in [3.8, 4) is 5.69 Å². The Balaban J connectivity index is 1.63. The Hall–Kier alpha value is -2.29. The summed E-state index contributed by atoms with van der Waals surface area (Å²) < 4.78 is 28.4. The number of nitrogens with zero attached hydrogens (tertiary/aromatic N) is 4. The fraction of sp³-hybridized carbons (Fsp3) is 0.333. The highest BCUT2D eigenvalue weighted by Crippen LogP contribution is 2.21. The molecule has 1 unspecified atom stereocenters. The molecule has 1 aromatic heterocycles. The number of aromatic nitrogens is 3. The van der Waals surface area contributed by atoms with Gasteiger partial charge in [0.05, 0.1) is 23.9 Å². The number of hydrogen-bond donors (Lipinski definition) is 0. The Labute approximate surface area is 176 Å². The van der Waals surface area contributed by atoms with Crippen molar-refractivity contribution in [3.05, 3.63) is 76.8 Å². The first-order valence-electron chi connectivity index (χ1n) is 9.62. The molecule has 0 aliphatic carbocycles. The fourth-order valence-corrected chi connectivity index (χ4v) is 5.79. The highest BCUT2D eigenvalue weighted by Gasteiger charge is 2.32. The number of rotatable bonds is 6. The van der Waals surface area contributed by atoms with Gasteiger partial charge < -0.3 is 0 Å². The van der Waals surface area contributed by atoms with Crippen molar-refractivity contribution in [3.63, 3.8) is 0 Å². The monoisotopic (exact) mass is 428 g/mol. The van der Waals surface area contributed by atoms with Gasteiger partial charge in [0.15, 0.2) is 9.84 Å². The molecule has 8 heteroatoms. The lowest BCUT2D eigenvalue weighted by atomic mass is 10.1. The maximum Gasteiger partial charge on any atom is 0.203 e. The molecule has 1 atom stereocenters. The van der Waals surface area contributed by atoms with Crippen molar-refractivity contribution >= 4 is 22.1 Å². The van der Waals surface area contributed by atoms with E-state index in [9.17, 15) is 8.42 Å². The average Bonchev–Trinajstić information content (AvgIpc) is 3.25. The van der Waals surface area contributed by atoms with E-state index in [1.165, 1.54) is 0 Å². The van der Waals surface area contributed by atoms with Crippen LogP contribution in [-0.2, 0) is 23.1 Å². The Morgan fingerprint density at radius 1 is 1.14 bits per heavy atom. The third-order valence-corrected chi connectivity index (χ3v) is 7.54. The summed E-state index contributed by atoms with van der Waals surface area (Å²) in [6.45, 7) is 3.15. The van der Waals surface area contributed by atoms with Crippen molar-refractivity contribution in [1.29, 1.82) is 0 Å². The summed E-state index contributed by atoms with van der Waals surface area (Å²) in [7, 11) is -2.98. The molecule has 0 saturated carbocycles. The third-order valence-electron chi connectivity index (χ3n) is 5.38. The van der Waals surface area contributed by atoms with Crippen LogP contribution in [0.5, 0.6) is 0 Å². The predicted molar refractivity (Wildman–Crippen MR) is 116 cm³/mol. The van der Waals surface area contributed by atoms with Gasteiger partial charge in [0, 0.05) is 12.6 Å². The van der Waals surface area contributed by atoms with E-state index in [0.717, 1.165) is 16.8 Å². The number of aryl methyl sites for hydroxylation is 1. The average molecular weight is 429 g/mol. The minimum Gasteiger partial charge on any atom is -0.276 e. The lowest BCUT2D eigenvalue weighted by Gasteiger charge is -2.27. The van der Waals surface area contributed by atoms with Gasteiger partial charge in [0.2, 0.25) is 4.77 Å². The van der Waals surface area contributed by atoms with Gasteiger partial charge in [-0.15, -0.1) is 0 Å². The van der Waals surface area contributed by atoms with Crippen LogP contribution >= 0.6 is 12.2 Å². The summed E-state index contributed by atoms with van der Waals surface area (Å²) in [5, 5.41) is 4.51. The molecular formula is C21H24N4O2S2. The molecule has 4 rings (SSSR count). The molecule has 3 aromatic rings. The molecule has 0 radical (unpaired) electrons. The fourth-order valence-electron chi connectivity index (χ4n) is 3.78. The zero-order valence-corrected chi connectivity index (χ0v) is 17.9. The lowest BCUT2D eigenvalue weighted by molar-refractivity contribution is 0.146. The van der Waals surface area contributed by atoms with Crippen molar-refractivity contribution in [2.75, 3.05) is 11.5 Å². The standard InChI is InChI=1S/C21H24N4O2S2/c1-17-7-5-6-10-20(17)24-15-22-25(21(24)28)16-23(13-18-8-3-2-4-9-18)19-11-12-29(26,27)14-19/h2-10,15,19H,11-14,16H2,1H3. The molecule has 29 heavy (non-hydrogen) atoms. The van der Waals surface area contributed by atoms with Gasteiger partial charge in [-0.25, -0.2) is 13.1 Å². The number of hydrogen-bond acceptors (Lipinski definition) is 5. The quantitative estimate of drug-likeness (QED) is 0.564. The van der Waals surface area contributed by atoms with E-state index in [-0.39, 0.29) is 17.5 Å². The van der Waals surface area contributed by atoms with Gasteiger partial charge in [-0.05, 0) is 42.8 Å². The molecule has 1 aliphatic rings. The molecule has 0 bridgehead atoms. The Morgan fingerprint density at radius 3 is 2.55 bits per heavy atom. The van der Waals surface area contributed by atoms with E-state index in [1.54, 1.807) is 11.0 Å². The van der Waals surface area contributed by atoms with Gasteiger partial charge >= 0.3 is 0 Å². The smallest absolute Gasteiger partial charge is 0.203 e. The van der Waals surface area contributed by atoms with Crippen LogP contribution in [0.1, 0.15) is 17.5 Å². The first-order chi connectivity index (χ1) is 13.9. The molecule has 1 saturated heterocycles.